The zero-order chi connectivity index (χ0) is 18.1. The lowest BCUT2D eigenvalue weighted by Gasteiger charge is -2.10. The highest BCUT2D eigenvalue weighted by Crippen LogP contribution is 2.09. The summed E-state index contributed by atoms with van der Waals surface area (Å²) in [6.45, 7) is 2.60. The van der Waals surface area contributed by atoms with Crippen LogP contribution in [0, 0.1) is 10.8 Å². The maximum absolute atomic E-state index is 7.35. The number of hydrogen-bond donors (Lipinski definition) is 6. The zero-order valence-corrected chi connectivity index (χ0v) is 16.5. The van der Waals surface area contributed by atoms with Crippen molar-refractivity contribution in [3.63, 3.8) is 0 Å². The highest BCUT2D eigenvalue weighted by Gasteiger charge is 1.98. The molecular weight excluding hydrogens is 387 g/mol. The molecule has 0 amide bonds. The van der Waals surface area contributed by atoms with Gasteiger partial charge in [-0.3, -0.25) is 10.8 Å². The monoisotopic (exact) mass is 412 g/mol. The number of nitrogens with one attached hydrogen (secondary N) is 4. The van der Waals surface area contributed by atoms with Gasteiger partial charge in [0.15, 0.2) is 0 Å². The van der Waals surface area contributed by atoms with Gasteiger partial charge >= 0.3 is 0 Å². The van der Waals surface area contributed by atoms with Gasteiger partial charge in [-0.1, -0.05) is 0 Å². The smallest absolute Gasteiger partial charge is 0.122 e. The zero-order valence-electron chi connectivity index (χ0n) is 14.8. The first-order chi connectivity index (χ1) is 12.1. The number of benzene rings is 2. The minimum Gasteiger partial charge on any atom is -0.384 e. The van der Waals surface area contributed by atoms with E-state index in [1.807, 2.05) is 48.5 Å². The summed E-state index contributed by atoms with van der Waals surface area (Å²) in [7, 11) is 0. The molecule has 0 aliphatic heterocycles. The summed E-state index contributed by atoms with van der Waals surface area (Å²) in [5.74, 6) is 0.136. The van der Waals surface area contributed by atoms with Crippen LogP contribution in [0.2, 0.25) is 0 Å². The molecule has 0 aliphatic carbocycles. The number of hydrogen-bond acceptors (Lipinski definition) is 5. The van der Waals surface area contributed by atoms with E-state index in [4.69, 9.17) is 27.0 Å². The summed E-state index contributed by atoms with van der Waals surface area (Å²) in [5, 5.41) is 21.2. The number of nitrogens with two attached hydrogens (primary N) is 2. The van der Waals surface area contributed by atoms with Crippen LogP contribution in [0.4, 0.5) is 11.4 Å². The fourth-order valence-corrected chi connectivity index (χ4v) is 2.17. The lowest BCUT2D eigenvalue weighted by Crippen LogP contribution is -2.15. The molecule has 0 saturated carbocycles. The van der Waals surface area contributed by atoms with Crippen LogP contribution in [0.5, 0.6) is 0 Å². The van der Waals surface area contributed by atoms with Crippen molar-refractivity contribution in [2.24, 2.45) is 11.5 Å². The van der Waals surface area contributed by atoms with Crippen LogP contribution in [0.15, 0.2) is 48.5 Å². The first-order valence-electron chi connectivity index (χ1n) is 8.00. The first kappa shape index (κ1) is 24.5. The molecule has 9 heteroatoms. The van der Waals surface area contributed by atoms with E-state index in [1.165, 1.54) is 0 Å². The fourth-order valence-electron chi connectivity index (χ4n) is 2.17. The van der Waals surface area contributed by atoms with Gasteiger partial charge in [0.05, 0.1) is 13.2 Å². The second kappa shape index (κ2) is 12.8. The van der Waals surface area contributed by atoms with E-state index in [0.717, 1.165) is 11.4 Å². The van der Waals surface area contributed by atoms with E-state index in [0.29, 0.717) is 37.4 Å². The van der Waals surface area contributed by atoms with E-state index in [9.17, 15) is 0 Å². The Labute approximate surface area is 171 Å². The molecule has 0 radical (unpaired) electrons. The van der Waals surface area contributed by atoms with Gasteiger partial charge in [0, 0.05) is 35.6 Å². The van der Waals surface area contributed by atoms with E-state index < -0.39 is 0 Å². The van der Waals surface area contributed by atoms with Gasteiger partial charge in [-0.25, -0.2) is 0 Å². The molecule has 2 aromatic carbocycles. The summed E-state index contributed by atoms with van der Waals surface area (Å²) in [6, 6.07) is 14.8. The molecule has 8 N–H and O–H groups in total. The number of amidine groups is 2. The van der Waals surface area contributed by atoms with Gasteiger partial charge in [0.1, 0.15) is 11.7 Å². The predicted octanol–water partition coefficient (Wildman–Crippen LogP) is 2.64. The average Bonchev–Trinajstić information content (AvgIpc) is 2.61. The standard InChI is InChI=1S/C18H24N6O.2ClH/c19-17(20)13-1-5-15(6-2-13)23-9-11-25-12-10-24-16-7-3-14(4-8-16)18(21)22;;/h1-8,23-24H,9-12H2,(H3,19,20)(H3,21,22);2*1H. The molecule has 2 rings (SSSR count). The van der Waals surface area contributed by atoms with Crippen LogP contribution in [0.3, 0.4) is 0 Å². The molecule has 0 atom stereocenters. The van der Waals surface area contributed by atoms with Crippen molar-refractivity contribution in [1.29, 1.82) is 10.8 Å². The normalized spacial score (nSPS) is 9.48. The lowest BCUT2D eigenvalue weighted by atomic mass is 10.2. The van der Waals surface area contributed by atoms with Crippen molar-refractivity contribution < 1.29 is 4.74 Å². The fraction of sp³-hybridized carbons (Fsp3) is 0.222. The molecule has 0 bridgehead atoms. The molecule has 0 unspecified atom stereocenters. The Morgan fingerprint density at radius 2 is 1.04 bits per heavy atom. The third kappa shape index (κ3) is 8.63. The number of nitrogen functional groups attached to an aromatic ring is 2. The molecule has 0 spiro atoms. The highest BCUT2D eigenvalue weighted by atomic mass is 35.5. The van der Waals surface area contributed by atoms with Crippen molar-refractivity contribution in [3.05, 3.63) is 59.7 Å². The number of rotatable bonds is 10. The number of halogens is 2. The predicted molar refractivity (Wildman–Crippen MR) is 117 cm³/mol. The van der Waals surface area contributed by atoms with Crippen LogP contribution >= 0.6 is 24.8 Å². The van der Waals surface area contributed by atoms with Crippen molar-refractivity contribution in [2.75, 3.05) is 36.9 Å². The van der Waals surface area contributed by atoms with Crippen LogP contribution in [-0.4, -0.2) is 38.0 Å². The van der Waals surface area contributed by atoms with Crippen molar-refractivity contribution in [3.8, 4) is 0 Å². The molecular formula is C18H26Cl2N6O. The Morgan fingerprint density at radius 3 is 1.33 bits per heavy atom. The Bertz CT molecular complexity index is 645. The van der Waals surface area contributed by atoms with E-state index in [-0.39, 0.29) is 36.5 Å². The quantitative estimate of drug-likeness (QED) is 0.202. The third-order valence-electron chi connectivity index (χ3n) is 3.54. The van der Waals surface area contributed by atoms with Gasteiger partial charge in [0.25, 0.3) is 0 Å². The van der Waals surface area contributed by atoms with Gasteiger partial charge in [-0.05, 0) is 48.5 Å². The topological polar surface area (TPSA) is 133 Å². The minimum absolute atomic E-state index is 0. The van der Waals surface area contributed by atoms with Gasteiger partial charge in [0.2, 0.25) is 0 Å². The second-order valence-corrected chi connectivity index (χ2v) is 5.45. The molecule has 148 valence electrons. The SMILES string of the molecule is Cl.Cl.N=C(N)c1ccc(NCCOCCNc2ccc(C(=N)N)cc2)cc1. The summed E-state index contributed by atoms with van der Waals surface area (Å²) in [5.41, 5.74) is 14.2. The summed E-state index contributed by atoms with van der Waals surface area (Å²) in [4.78, 5) is 0. The molecule has 0 aliphatic rings. The molecule has 27 heavy (non-hydrogen) atoms. The lowest BCUT2D eigenvalue weighted by molar-refractivity contribution is 0.154. The number of ether oxygens (including phenoxy) is 1. The van der Waals surface area contributed by atoms with Crippen LogP contribution in [-0.2, 0) is 4.74 Å². The molecule has 0 aromatic heterocycles. The van der Waals surface area contributed by atoms with E-state index in [2.05, 4.69) is 10.6 Å². The minimum atomic E-state index is 0. The van der Waals surface area contributed by atoms with Gasteiger partial charge in [-0.15, -0.1) is 24.8 Å². The van der Waals surface area contributed by atoms with Crippen LogP contribution in [0.25, 0.3) is 0 Å². The largest absolute Gasteiger partial charge is 0.384 e. The Kier molecular flexibility index (Phi) is 11.6. The first-order valence-corrected chi connectivity index (χ1v) is 8.00. The molecule has 0 saturated heterocycles. The Morgan fingerprint density at radius 1 is 0.704 bits per heavy atom. The Hall–Kier alpha value is -2.48. The molecule has 0 fully saturated rings. The summed E-state index contributed by atoms with van der Waals surface area (Å²) < 4.78 is 5.57. The van der Waals surface area contributed by atoms with Crippen LogP contribution < -0.4 is 22.1 Å². The molecule has 2 aromatic rings. The molecule has 7 nitrogen and oxygen atoms in total. The summed E-state index contributed by atoms with van der Waals surface area (Å²) in [6.07, 6.45) is 0. The third-order valence-corrected chi connectivity index (χ3v) is 3.54. The second-order valence-electron chi connectivity index (χ2n) is 5.45. The molecule has 0 heterocycles. The average molecular weight is 413 g/mol. The maximum atomic E-state index is 7.35. The van der Waals surface area contributed by atoms with Crippen LogP contribution in [0.1, 0.15) is 11.1 Å². The van der Waals surface area contributed by atoms with E-state index in [1.54, 1.807) is 0 Å². The van der Waals surface area contributed by atoms with E-state index >= 15 is 0 Å². The van der Waals surface area contributed by atoms with Crippen molar-refractivity contribution >= 4 is 47.9 Å². The Balaban J connectivity index is 0.00000338. The van der Waals surface area contributed by atoms with Gasteiger partial charge < -0.3 is 26.8 Å². The maximum Gasteiger partial charge on any atom is 0.122 e. The highest BCUT2D eigenvalue weighted by molar-refractivity contribution is 5.95. The van der Waals surface area contributed by atoms with Crippen molar-refractivity contribution in [1.82, 2.24) is 0 Å². The van der Waals surface area contributed by atoms with Gasteiger partial charge in [-0.2, -0.15) is 0 Å². The number of anilines is 2. The van der Waals surface area contributed by atoms with Crippen molar-refractivity contribution in [2.45, 2.75) is 0 Å². The summed E-state index contributed by atoms with van der Waals surface area (Å²) >= 11 is 0.